The molecule has 1 aliphatic heterocycles. The van der Waals surface area contributed by atoms with Gasteiger partial charge in [-0.2, -0.15) is 15.0 Å². The molecule has 0 bridgehead atoms. The lowest BCUT2D eigenvalue weighted by Gasteiger charge is -2.35. The van der Waals surface area contributed by atoms with Crippen LogP contribution in [0, 0.1) is 0 Å². The quantitative estimate of drug-likeness (QED) is 0.822. The van der Waals surface area contributed by atoms with Crippen molar-refractivity contribution in [3.63, 3.8) is 0 Å². The molecule has 1 fully saturated rings. The summed E-state index contributed by atoms with van der Waals surface area (Å²) in [4.78, 5) is 14.1. The molecule has 2 unspecified atom stereocenters. The first kappa shape index (κ1) is 12.3. The number of rotatable bonds is 2. The Balaban J connectivity index is 2.01. The molecule has 2 heterocycles. The van der Waals surface area contributed by atoms with Crippen molar-refractivity contribution in [3.05, 3.63) is 5.28 Å². The van der Waals surface area contributed by atoms with Crippen molar-refractivity contribution in [2.24, 2.45) is 0 Å². The van der Waals surface area contributed by atoms with Crippen LogP contribution >= 0.6 is 11.6 Å². The average Bonchev–Trinajstić information content (AvgIpc) is 2.22. The summed E-state index contributed by atoms with van der Waals surface area (Å²) in [6.45, 7) is 3.27. The van der Waals surface area contributed by atoms with Crippen molar-refractivity contribution in [1.82, 2.24) is 19.9 Å². The molecule has 0 spiro atoms. The van der Waals surface area contributed by atoms with E-state index in [4.69, 9.17) is 17.3 Å². The summed E-state index contributed by atoms with van der Waals surface area (Å²) in [5, 5.41) is 3.39. The molecule has 7 heteroatoms. The second-order valence-electron chi connectivity index (χ2n) is 4.48. The number of piperidine rings is 1. The maximum atomic E-state index is 5.73. The van der Waals surface area contributed by atoms with Gasteiger partial charge in [-0.25, -0.2) is 0 Å². The minimum absolute atomic E-state index is 0.126. The molecule has 1 aliphatic rings. The highest BCUT2D eigenvalue weighted by molar-refractivity contribution is 6.28. The molecule has 6 nitrogen and oxygen atoms in total. The molecule has 3 N–H and O–H groups in total. The zero-order valence-corrected chi connectivity index (χ0v) is 10.8. The second-order valence-corrected chi connectivity index (χ2v) is 4.82. The summed E-state index contributed by atoms with van der Waals surface area (Å²) in [6.07, 6.45) is 2.11. The molecule has 0 saturated carbocycles. The molecule has 17 heavy (non-hydrogen) atoms. The maximum absolute atomic E-state index is 5.73. The van der Waals surface area contributed by atoms with Crippen LogP contribution in [0.15, 0.2) is 0 Å². The van der Waals surface area contributed by atoms with E-state index in [1.165, 1.54) is 0 Å². The van der Waals surface area contributed by atoms with Gasteiger partial charge in [-0.05, 0) is 38.4 Å². The molecule has 1 saturated heterocycles. The summed E-state index contributed by atoms with van der Waals surface area (Å²) in [7, 11) is 2.14. The van der Waals surface area contributed by atoms with E-state index in [0.29, 0.717) is 18.0 Å². The van der Waals surface area contributed by atoms with Crippen LogP contribution in [0.1, 0.15) is 19.8 Å². The fraction of sp³-hybridized carbons (Fsp3) is 0.700. The zero-order chi connectivity index (χ0) is 12.4. The van der Waals surface area contributed by atoms with Crippen LogP contribution < -0.4 is 11.1 Å². The number of hydrogen-bond donors (Lipinski definition) is 2. The second kappa shape index (κ2) is 5.01. The Kier molecular flexibility index (Phi) is 3.63. The molecule has 0 aliphatic carbocycles. The van der Waals surface area contributed by atoms with E-state index in [0.717, 1.165) is 19.4 Å². The largest absolute Gasteiger partial charge is 0.368 e. The van der Waals surface area contributed by atoms with Gasteiger partial charge in [0.05, 0.1) is 0 Å². The summed E-state index contributed by atoms with van der Waals surface area (Å²) >= 11 is 5.73. The fourth-order valence-corrected chi connectivity index (χ4v) is 2.20. The van der Waals surface area contributed by atoms with Crippen LogP contribution in [0.2, 0.25) is 5.28 Å². The molecule has 2 rings (SSSR count). The fourth-order valence-electron chi connectivity index (χ4n) is 2.03. The van der Waals surface area contributed by atoms with Crippen molar-refractivity contribution >= 4 is 23.5 Å². The lowest BCUT2D eigenvalue weighted by molar-refractivity contribution is 0.190. The number of nitrogen functional groups attached to an aromatic ring is 1. The van der Waals surface area contributed by atoms with Crippen LogP contribution in [0.5, 0.6) is 0 Å². The molecule has 94 valence electrons. The van der Waals surface area contributed by atoms with Crippen LogP contribution in [0.4, 0.5) is 11.9 Å². The van der Waals surface area contributed by atoms with Crippen molar-refractivity contribution in [3.8, 4) is 0 Å². The summed E-state index contributed by atoms with van der Waals surface area (Å²) in [5.41, 5.74) is 5.52. The molecule has 2 atom stereocenters. The lowest BCUT2D eigenvalue weighted by Crippen LogP contribution is -2.42. The van der Waals surface area contributed by atoms with Gasteiger partial charge in [-0.15, -0.1) is 0 Å². The standard InChI is InChI=1S/C10H17ClN6/c1-6-5-7(3-4-17(6)2)13-10-15-8(11)14-9(12)16-10/h6-7H,3-5H2,1-2H3,(H3,12,13,14,15,16). The third-order valence-corrected chi connectivity index (χ3v) is 3.34. The van der Waals surface area contributed by atoms with Gasteiger partial charge in [0.15, 0.2) is 0 Å². The van der Waals surface area contributed by atoms with Gasteiger partial charge < -0.3 is 16.0 Å². The van der Waals surface area contributed by atoms with E-state index in [1.807, 2.05) is 0 Å². The van der Waals surface area contributed by atoms with E-state index < -0.39 is 0 Å². The zero-order valence-electron chi connectivity index (χ0n) is 10.0. The highest BCUT2D eigenvalue weighted by Crippen LogP contribution is 2.18. The summed E-state index contributed by atoms with van der Waals surface area (Å²) in [5.74, 6) is 0.609. The van der Waals surface area contributed by atoms with E-state index in [9.17, 15) is 0 Å². The lowest BCUT2D eigenvalue weighted by atomic mass is 9.99. The van der Waals surface area contributed by atoms with Gasteiger partial charge in [0.1, 0.15) is 0 Å². The van der Waals surface area contributed by atoms with E-state index in [-0.39, 0.29) is 11.2 Å². The van der Waals surface area contributed by atoms with Gasteiger partial charge in [0.2, 0.25) is 17.2 Å². The molecular weight excluding hydrogens is 240 g/mol. The highest BCUT2D eigenvalue weighted by atomic mass is 35.5. The Bertz CT molecular complexity index is 378. The van der Waals surface area contributed by atoms with Crippen molar-refractivity contribution in [2.75, 3.05) is 24.6 Å². The summed E-state index contributed by atoms with van der Waals surface area (Å²) < 4.78 is 0. The van der Waals surface area contributed by atoms with E-state index in [2.05, 4.69) is 39.1 Å². The number of nitrogens with zero attached hydrogens (tertiary/aromatic N) is 4. The Labute approximate surface area is 106 Å². The summed E-state index contributed by atoms with van der Waals surface area (Å²) in [6, 6.07) is 0.912. The smallest absolute Gasteiger partial charge is 0.229 e. The Hall–Kier alpha value is -1.14. The third-order valence-electron chi connectivity index (χ3n) is 3.17. The minimum Gasteiger partial charge on any atom is -0.368 e. The first-order valence-corrected chi connectivity index (χ1v) is 6.06. The SMILES string of the molecule is CC1CC(Nc2nc(N)nc(Cl)n2)CCN1C. The molecule has 0 aromatic carbocycles. The molecule has 0 radical (unpaired) electrons. The van der Waals surface area contributed by atoms with Crippen LogP contribution in [0.3, 0.4) is 0 Å². The van der Waals surface area contributed by atoms with Gasteiger partial charge in [-0.1, -0.05) is 0 Å². The number of nitrogens with two attached hydrogens (primary N) is 1. The van der Waals surface area contributed by atoms with Crippen molar-refractivity contribution in [2.45, 2.75) is 31.8 Å². The van der Waals surface area contributed by atoms with Gasteiger partial charge in [0, 0.05) is 18.6 Å². The Morgan fingerprint density at radius 1 is 1.41 bits per heavy atom. The van der Waals surface area contributed by atoms with E-state index in [1.54, 1.807) is 0 Å². The average molecular weight is 257 g/mol. The third kappa shape index (κ3) is 3.17. The Morgan fingerprint density at radius 3 is 2.82 bits per heavy atom. The number of nitrogens with one attached hydrogen (secondary N) is 1. The normalized spacial score (nSPS) is 25.8. The van der Waals surface area contributed by atoms with Gasteiger partial charge in [-0.3, -0.25) is 0 Å². The topological polar surface area (TPSA) is 80.0 Å². The monoisotopic (exact) mass is 256 g/mol. The molecule has 1 aromatic heterocycles. The number of hydrogen-bond acceptors (Lipinski definition) is 6. The number of aromatic nitrogens is 3. The minimum atomic E-state index is 0.126. The number of halogens is 1. The predicted octanol–water partition coefficient (Wildman–Crippen LogP) is 1.00. The Morgan fingerprint density at radius 2 is 2.18 bits per heavy atom. The van der Waals surface area contributed by atoms with Crippen LogP contribution in [-0.2, 0) is 0 Å². The van der Waals surface area contributed by atoms with Gasteiger partial charge >= 0.3 is 0 Å². The highest BCUT2D eigenvalue weighted by Gasteiger charge is 2.23. The molecule has 0 amide bonds. The first-order valence-electron chi connectivity index (χ1n) is 5.68. The van der Waals surface area contributed by atoms with Crippen LogP contribution in [0.25, 0.3) is 0 Å². The van der Waals surface area contributed by atoms with Crippen molar-refractivity contribution in [1.29, 1.82) is 0 Å². The maximum Gasteiger partial charge on any atom is 0.229 e. The molecular formula is C10H17ClN6. The predicted molar refractivity (Wildman–Crippen MR) is 68.0 cm³/mol. The number of anilines is 2. The van der Waals surface area contributed by atoms with Gasteiger partial charge in [0.25, 0.3) is 0 Å². The first-order chi connectivity index (χ1) is 8.04. The number of likely N-dealkylation sites (tertiary alicyclic amines) is 1. The van der Waals surface area contributed by atoms with Crippen LogP contribution in [-0.4, -0.2) is 45.5 Å². The van der Waals surface area contributed by atoms with Crippen molar-refractivity contribution < 1.29 is 0 Å². The van der Waals surface area contributed by atoms with E-state index >= 15 is 0 Å². The molecule has 1 aromatic rings.